The van der Waals surface area contributed by atoms with E-state index in [2.05, 4.69) is 60.0 Å². The first-order chi connectivity index (χ1) is 10.7. The van der Waals surface area contributed by atoms with Gasteiger partial charge in [0.1, 0.15) is 0 Å². The van der Waals surface area contributed by atoms with Crippen molar-refractivity contribution < 1.29 is 0 Å². The van der Waals surface area contributed by atoms with E-state index in [1.54, 1.807) is 0 Å². The van der Waals surface area contributed by atoms with E-state index in [-0.39, 0.29) is 0 Å². The molecule has 0 spiro atoms. The number of anilines is 1. The Balaban J connectivity index is 1.91. The summed E-state index contributed by atoms with van der Waals surface area (Å²) in [5.41, 5.74) is 10.4. The Kier molecular flexibility index (Phi) is 4.30. The summed E-state index contributed by atoms with van der Waals surface area (Å²) >= 11 is 0. The lowest BCUT2D eigenvalue weighted by atomic mass is 9.86. The third-order valence-corrected chi connectivity index (χ3v) is 4.54. The molecule has 114 valence electrons. The molecule has 1 aliphatic rings. The van der Waals surface area contributed by atoms with E-state index < -0.39 is 5.54 Å². The minimum Gasteiger partial charge on any atom is -0.369 e. The van der Waals surface area contributed by atoms with Crippen LogP contribution < -0.4 is 10.6 Å². The Morgan fingerprint density at radius 1 is 1.09 bits per heavy atom. The fraction of sp³-hybridized carbons (Fsp3) is 0.300. The van der Waals surface area contributed by atoms with Crippen LogP contribution in [-0.2, 0) is 12.0 Å². The molecule has 0 saturated heterocycles. The number of hydrogen-bond donors (Lipinski definition) is 1. The largest absolute Gasteiger partial charge is 0.369 e. The standard InChI is InChI=1S/C20H24N2/c1-2-14-20(21,18-11-4-3-5-12-18)16-22-15-8-10-17-9-6-7-13-19(17)22/h2-7,9,11-13H,1,8,10,14-16,21H2. The zero-order valence-electron chi connectivity index (χ0n) is 13.0. The van der Waals surface area contributed by atoms with Crippen LogP contribution in [0.3, 0.4) is 0 Å². The Hall–Kier alpha value is -2.06. The van der Waals surface area contributed by atoms with E-state index in [1.165, 1.54) is 23.2 Å². The average Bonchev–Trinajstić information content (AvgIpc) is 2.56. The van der Waals surface area contributed by atoms with Gasteiger partial charge >= 0.3 is 0 Å². The van der Waals surface area contributed by atoms with E-state index in [4.69, 9.17) is 5.73 Å². The zero-order valence-corrected chi connectivity index (χ0v) is 13.0. The monoisotopic (exact) mass is 292 g/mol. The maximum Gasteiger partial charge on any atom is 0.0622 e. The van der Waals surface area contributed by atoms with Crippen LogP contribution in [0.15, 0.2) is 67.3 Å². The van der Waals surface area contributed by atoms with Crippen LogP contribution in [0.2, 0.25) is 0 Å². The molecular formula is C20H24N2. The van der Waals surface area contributed by atoms with Crippen LogP contribution in [0.25, 0.3) is 0 Å². The molecule has 1 aliphatic heterocycles. The van der Waals surface area contributed by atoms with E-state index in [0.29, 0.717) is 0 Å². The number of fused-ring (bicyclic) bond motifs is 1. The second-order valence-corrected chi connectivity index (χ2v) is 6.17. The van der Waals surface area contributed by atoms with Gasteiger partial charge in [-0.3, -0.25) is 0 Å². The van der Waals surface area contributed by atoms with Crippen molar-refractivity contribution >= 4 is 5.69 Å². The number of aryl methyl sites for hydroxylation is 1. The van der Waals surface area contributed by atoms with Crippen LogP contribution in [0.1, 0.15) is 24.0 Å². The first-order valence-electron chi connectivity index (χ1n) is 8.01. The zero-order chi connectivity index (χ0) is 15.4. The molecule has 0 amide bonds. The normalized spacial score (nSPS) is 16.7. The lowest BCUT2D eigenvalue weighted by Gasteiger charge is -2.39. The van der Waals surface area contributed by atoms with Gasteiger partial charge in [-0.15, -0.1) is 6.58 Å². The molecule has 2 heteroatoms. The van der Waals surface area contributed by atoms with Gasteiger partial charge in [0.25, 0.3) is 0 Å². The van der Waals surface area contributed by atoms with E-state index >= 15 is 0 Å². The van der Waals surface area contributed by atoms with Gasteiger partial charge in [-0.25, -0.2) is 0 Å². The van der Waals surface area contributed by atoms with Crippen LogP contribution in [-0.4, -0.2) is 13.1 Å². The Bertz CT molecular complexity index is 635. The molecule has 1 atom stereocenters. The third kappa shape index (κ3) is 2.93. The topological polar surface area (TPSA) is 29.3 Å². The molecule has 0 saturated carbocycles. The van der Waals surface area contributed by atoms with Gasteiger partial charge in [-0.1, -0.05) is 54.6 Å². The van der Waals surface area contributed by atoms with Crippen molar-refractivity contribution in [3.8, 4) is 0 Å². The summed E-state index contributed by atoms with van der Waals surface area (Å²) in [5.74, 6) is 0. The van der Waals surface area contributed by atoms with E-state index in [0.717, 1.165) is 25.9 Å². The molecule has 2 aromatic rings. The lowest BCUT2D eigenvalue weighted by Crippen LogP contribution is -2.49. The molecule has 2 N–H and O–H groups in total. The minimum atomic E-state index is -0.395. The highest BCUT2D eigenvalue weighted by Crippen LogP contribution is 2.31. The number of rotatable bonds is 5. The SMILES string of the molecule is C=CCC(N)(CN1CCCc2ccccc21)c1ccccc1. The number of hydrogen-bond acceptors (Lipinski definition) is 2. The van der Waals surface area contributed by atoms with E-state index in [9.17, 15) is 0 Å². The van der Waals surface area contributed by atoms with Crippen LogP contribution in [0.5, 0.6) is 0 Å². The van der Waals surface area contributed by atoms with Gasteiger partial charge in [0, 0.05) is 18.8 Å². The van der Waals surface area contributed by atoms with Crippen molar-refractivity contribution in [1.29, 1.82) is 0 Å². The number of nitrogens with zero attached hydrogens (tertiary/aromatic N) is 1. The van der Waals surface area contributed by atoms with E-state index in [1.807, 2.05) is 12.1 Å². The molecule has 0 fully saturated rings. The van der Waals surface area contributed by atoms with Gasteiger partial charge in [-0.2, -0.15) is 0 Å². The number of para-hydroxylation sites is 1. The molecule has 1 unspecified atom stereocenters. The van der Waals surface area contributed by atoms with Crippen LogP contribution in [0.4, 0.5) is 5.69 Å². The van der Waals surface area contributed by atoms with Crippen molar-refractivity contribution in [2.24, 2.45) is 5.73 Å². The summed E-state index contributed by atoms with van der Waals surface area (Å²) in [7, 11) is 0. The molecule has 2 aromatic carbocycles. The summed E-state index contributed by atoms with van der Waals surface area (Å²) in [6.07, 6.45) is 5.06. The smallest absolute Gasteiger partial charge is 0.0622 e. The average molecular weight is 292 g/mol. The molecule has 3 rings (SSSR count). The van der Waals surface area contributed by atoms with Crippen molar-refractivity contribution in [2.45, 2.75) is 24.8 Å². The quantitative estimate of drug-likeness (QED) is 0.848. The fourth-order valence-corrected chi connectivity index (χ4v) is 3.42. The summed E-state index contributed by atoms with van der Waals surface area (Å²) in [6.45, 7) is 5.80. The van der Waals surface area contributed by atoms with Crippen molar-refractivity contribution in [3.63, 3.8) is 0 Å². The fourth-order valence-electron chi connectivity index (χ4n) is 3.42. The summed E-state index contributed by atoms with van der Waals surface area (Å²) in [6, 6.07) is 19.1. The molecule has 22 heavy (non-hydrogen) atoms. The first-order valence-corrected chi connectivity index (χ1v) is 8.01. The van der Waals surface area contributed by atoms with Crippen molar-refractivity contribution in [1.82, 2.24) is 0 Å². The molecule has 1 heterocycles. The van der Waals surface area contributed by atoms with Crippen molar-refractivity contribution in [3.05, 3.63) is 78.4 Å². The summed E-state index contributed by atoms with van der Waals surface area (Å²) in [5, 5.41) is 0. The summed E-state index contributed by atoms with van der Waals surface area (Å²) in [4.78, 5) is 2.44. The Morgan fingerprint density at radius 2 is 1.82 bits per heavy atom. The lowest BCUT2D eigenvalue weighted by molar-refractivity contribution is 0.437. The van der Waals surface area contributed by atoms with Crippen molar-refractivity contribution in [2.75, 3.05) is 18.0 Å². The molecule has 0 bridgehead atoms. The van der Waals surface area contributed by atoms with Crippen LogP contribution in [0, 0.1) is 0 Å². The van der Waals surface area contributed by atoms with Crippen LogP contribution >= 0.6 is 0 Å². The third-order valence-electron chi connectivity index (χ3n) is 4.54. The second kappa shape index (κ2) is 6.37. The molecule has 2 nitrogen and oxygen atoms in total. The maximum atomic E-state index is 6.80. The minimum absolute atomic E-state index is 0.395. The predicted molar refractivity (Wildman–Crippen MR) is 94.1 cm³/mol. The van der Waals surface area contributed by atoms with Gasteiger partial charge in [0.15, 0.2) is 0 Å². The van der Waals surface area contributed by atoms with Gasteiger partial charge in [0.2, 0.25) is 0 Å². The van der Waals surface area contributed by atoms with Gasteiger partial charge in [0.05, 0.1) is 5.54 Å². The first kappa shape index (κ1) is 14.9. The molecule has 0 aromatic heterocycles. The Morgan fingerprint density at radius 3 is 2.59 bits per heavy atom. The molecular weight excluding hydrogens is 268 g/mol. The second-order valence-electron chi connectivity index (χ2n) is 6.17. The number of benzene rings is 2. The highest BCUT2D eigenvalue weighted by atomic mass is 15.2. The highest BCUT2D eigenvalue weighted by Gasteiger charge is 2.30. The van der Waals surface area contributed by atoms with Gasteiger partial charge < -0.3 is 10.6 Å². The highest BCUT2D eigenvalue weighted by molar-refractivity contribution is 5.56. The van der Waals surface area contributed by atoms with Gasteiger partial charge in [-0.05, 0) is 36.5 Å². The maximum absolute atomic E-state index is 6.80. The molecule has 0 aliphatic carbocycles. The predicted octanol–water partition coefficient (Wildman–Crippen LogP) is 3.87. The number of nitrogens with two attached hydrogens (primary N) is 1. The molecule has 0 radical (unpaired) electrons. The Labute approximate surface area is 133 Å². The summed E-state index contributed by atoms with van der Waals surface area (Å²) < 4.78 is 0.